The Balaban J connectivity index is 1.93. The molecule has 0 spiro atoms. The van der Waals surface area contributed by atoms with Crippen LogP contribution < -0.4 is 10.6 Å². The van der Waals surface area contributed by atoms with Gasteiger partial charge in [-0.25, -0.2) is 4.98 Å². The van der Waals surface area contributed by atoms with Crippen molar-refractivity contribution in [1.82, 2.24) is 14.9 Å². The topological polar surface area (TPSA) is 75.4 Å². The highest BCUT2D eigenvalue weighted by atomic mass is 16.2. The first kappa shape index (κ1) is 10.8. The Morgan fingerprint density at radius 2 is 2.06 bits per heavy atom. The lowest BCUT2D eigenvalue weighted by Gasteiger charge is -2.35. The molecule has 0 aromatic carbocycles. The van der Waals surface area contributed by atoms with Crippen LogP contribution in [0.5, 0.6) is 0 Å². The molecule has 0 saturated carbocycles. The molecule has 2 rings (SSSR count). The van der Waals surface area contributed by atoms with Gasteiger partial charge in [-0.15, -0.1) is 0 Å². The lowest BCUT2D eigenvalue weighted by molar-refractivity contribution is -0.129. The summed E-state index contributed by atoms with van der Waals surface area (Å²) in [6.07, 6.45) is 5.06. The summed E-state index contributed by atoms with van der Waals surface area (Å²) in [6.45, 7) is 3.05. The Kier molecular flexibility index (Phi) is 3.31. The van der Waals surface area contributed by atoms with E-state index in [2.05, 4.69) is 14.9 Å². The first-order valence-electron chi connectivity index (χ1n) is 5.30. The molecule has 2 N–H and O–H groups in total. The van der Waals surface area contributed by atoms with Crippen LogP contribution in [0.15, 0.2) is 18.6 Å². The predicted octanol–water partition coefficient (Wildman–Crippen LogP) is -0.916. The van der Waals surface area contributed by atoms with Crippen LogP contribution in [0.4, 0.5) is 5.82 Å². The number of anilines is 1. The minimum Gasteiger partial charge on any atom is -0.352 e. The number of aromatic nitrogens is 2. The van der Waals surface area contributed by atoms with Crippen LogP contribution in [0.2, 0.25) is 0 Å². The number of carbonyl (C=O) groups excluding carboxylic acids is 1. The fourth-order valence-corrected chi connectivity index (χ4v) is 1.77. The van der Waals surface area contributed by atoms with Gasteiger partial charge in [-0.1, -0.05) is 0 Å². The van der Waals surface area contributed by atoms with E-state index in [1.807, 2.05) is 0 Å². The van der Waals surface area contributed by atoms with E-state index in [1.54, 1.807) is 23.5 Å². The van der Waals surface area contributed by atoms with Crippen LogP contribution in [-0.4, -0.2) is 53.5 Å². The lowest BCUT2D eigenvalue weighted by atomic mass is 10.3. The summed E-state index contributed by atoms with van der Waals surface area (Å²) in [5.74, 6) is 0.876. The van der Waals surface area contributed by atoms with Gasteiger partial charge in [-0.05, 0) is 0 Å². The van der Waals surface area contributed by atoms with E-state index < -0.39 is 0 Å². The predicted molar refractivity (Wildman–Crippen MR) is 59.9 cm³/mol. The number of amides is 1. The van der Waals surface area contributed by atoms with Gasteiger partial charge in [-0.2, -0.15) is 0 Å². The number of hydrogen-bond donors (Lipinski definition) is 1. The molecule has 1 aromatic heterocycles. The molecule has 1 aliphatic rings. The van der Waals surface area contributed by atoms with Crippen LogP contribution in [0.3, 0.4) is 0 Å². The quantitative estimate of drug-likeness (QED) is 0.699. The maximum absolute atomic E-state index is 11.4. The summed E-state index contributed by atoms with van der Waals surface area (Å²) in [5.41, 5.74) is 5.32. The fraction of sp³-hybridized carbons (Fsp3) is 0.500. The van der Waals surface area contributed by atoms with Crippen molar-refractivity contribution in [2.24, 2.45) is 5.73 Å². The molecule has 16 heavy (non-hydrogen) atoms. The van der Waals surface area contributed by atoms with E-state index in [0.29, 0.717) is 13.1 Å². The van der Waals surface area contributed by atoms with Gasteiger partial charge in [0.25, 0.3) is 0 Å². The molecule has 0 unspecified atom stereocenters. The van der Waals surface area contributed by atoms with Gasteiger partial charge in [0, 0.05) is 38.6 Å². The third kappa shape index (κ3) is 2.27. The molecule has 1 amide bonds. The Hall–Kier alpha value is -1.69. The molecule has 0 atom stereocenters. The Labute approximate surface area is 94.1 Å². The van der Waals surface area contributed by atoms with Crippen LogP contribution in [0.25, 0.3) is 0 Å². The van der Waals surface area contributed by atoms with Gasteiger partial charge in [0.05, 0.1) is 12.7 Å². The molecule has 1 aliphatic heterocycles. The SMILES string of the molecule is NCC(=O)N1CCN(c2cnccn2)CC1. The summed E-state index contributed by atoms with van der Waals surface area (Å²) in [4.78, 5) is 23.5. The summed E-state index contributed by atoms with van der Waals surface area (Å²) in [7, 11) is 0. The molecule has 86 valence electrons. The fourth-order valence-electron chi connectivity index (χ4n) is 1.77. The van der Waals surface area contributed by atoms with Gasteiger partial charge >= 0.3 is 0 Å². The number of piperazine rings is 1. The Morgan fingerprint density at radius 1 is 1.31 bits per heavy atom. The second-order valence-electron chi connectivity index (χ2n) is 3.64. The zero-order valence-electron chi connectivity index (χ0n) is 9.04. The minimum atomic E-state index is 0.0128. The largest absolute Gasteiger partial charge is 0.352 e. The standard InChI is InChI=1S/C10H15N5O/c11-7-10(16)15-5-3-14(4-6-15)9-8-12-1-2-13-9/h1-2,8H,3-7,11H2. The Morgan fingerprint density at radius 3 is 2.62 bits per heavy atom. The molecule has 0 aliphatic carbocycles. The van der Waals surface area contributed by atoms with Crippen molar-refractivity contribution in [3.63, 3.8) is 0 Å². The summed E-state index contributed by atoms with van der Waals surface area (Å²) in [5, 5.41) is 0. The highest BCUT2D eigenvalue weighted by Gasteiger charge is 2.20. The zero-order chi connectivity index (χ0) is 11.4. The average molecular weight is 221 g/mol. The minimum absolute atomic E-state index is 0.0128. The summed E-state index contributed by atoms with van der Waals surface area (Å²) in [6, 6.07) is 0. The van der Waals surface area contributed by atoms with Crippen LogP contribution >= 0.6 is 0 Å². The van der Waals surface area contributed by atoms with Gasteiger partial charge in [0.1, 0.15) is 5.82 Å². The second-order valence-corrected chi connectivity index (χ2v) is 3.64. The lowest BCUT2D eigenvalue weighted by Crippen LogP contribution is -2.50. The molecule has 6 nitrogen and oxygen atoms in total. The van der Waals surface area contributed by atoms with Crippen LogP contribution in [0.1, 0.15) is 0 Å². The molecule has 1 saturated heterocycles. The summed E-state index contributed by atoms with van der Waals surface area (Å²) >= 11 is 0. The van der Waals surface area contributed by atoms with E-state index in [9.17, 15) is 4.79 Å². The van der Waals surface area contributed by atoms with Gasteiger partial charge in [-0.3, -0.25) is 9.78 Å². The van der Waals surface area contributed by atoms with Crippen molar-refractivity contribution in [3.8, 4) is 0 Å². The highest BCUT2D eigenvalue weighted by Crippen LogP contribution is 2.10. The van der Waals surface area contributed by atoms with Crippen molar-refractivity contribution in [3.05, 3.63) is 18.6 Å². The second kappa shape index (κ2) is 4.89. The number of rotatable bonds is 2. The molecular formula is C10H15N5O. The van der Waals surface area contributed by atoms with E-state index in [0.717, 1.165) is 18.9 Å². The molecule has 1 aromatic rings. The van der Waals surface area contributed by atoms with Crippen molar-refractivity contribution < 1.29 is 4.79 Å². The van der Waals surface area contributed by atoms with Crippen molar-refractivity contribution in [2.45, 2.75) is 0 Å². The van der Waals surface area contributed by atoms with Gasteiger partial charge in [0.2, 0.25) is 5.91 Å². The third-order valence-corrected chi connectivity index (χ3v) is 2.68. The van der Waals surface area contributed by atoms with E-state index >= 15 is 0 Å². The van der Waals surface area contributed by atoms with E-state index in [1.165, 1.54) is 0 Å². The monoisotopic (exact) mass is 221 g/mol. The number of hydrogen-bond acceptors (Lipinski definition) is 5. The van der Waals surface area contributed by atoms with Crippen molar-refractivity contribution in [1.29, 1.82) is 0 Å². The Bertz CT molecular complexity index is 347. The highest BCUT2D eigenvalue weighted by molar-refractivity contribution is 5.78. The molecule has 6 heteroatoms. The molecule has 0 bridgehead atoms. The number of nitrogens with two attached hydrogens (primary N) is 1. The molecular weight excluding hydrogens is 206 g/mol. The molecule has 0 radical (unpaired) electrons. The summed E-state index contributed by atoms with van der Waals surface area (Å²) < 4.78 is 0. The van der Waals surface area contributed by atoms with Crippen molar-refractivity contribution in [2.75, 3.05) is 37.6 Å². The first-order valence-corrected chi connectivity index (χ1v) is 5.30. The molecule has 1 fully saturated rings. The smallest absolute Gasteiger partial charge is 0.236 e. The van der Waals surface area contributed by atoms with Gasteiger partial charge < -0.3 is 15.5 Å². The average Bonchev–Trinajstić information content (AvgIpc) is 2.39. The van der Waals surface area contributed by atoms with E-state index in [4.69, 9.17) is 5.73 Å². The van der Waals surface area contributed by atoms with Crippen molar-refractivity contribution >= 4 is 11.7 Å². The normalized spacial score (nSPS) is 16.3. The maximum Gasteiger partial charge on any atom is 0.236 e. The number of carbonyl (C=O) groups is 1. The van der Waals surface area contributed by atoms with Crippen LogP contribution in [-0.2, 0) is 4.79 Å². The van der Waals surface area contributed by atoms with E-state index in [-0.39, 0.29) is 12.5 Å². The number of nitrogens with zero attached hydrogens (tertiary/aromatic N) is 4. The third-order valence-electron chi connectivity index (χ3n) is 2.68. The maximum atomic E-state index is 11.4. The van der Waals surface area contributed by atoms with Gasteiger partial charge in [0.15, 0.2) is 0 Å². The molecule has 2 heterocycles. The first-order chi connectivity index (χ1) is 7.81. The zero-order valence-corrected chi connectivity index (χ0v) is 9.04. The van der Waals surface area contributed by atoms with Crippen LogP contribution in [0, 0.1) is 0 Å².